The largest absolute Gasteiger partial charge is 0.397 e. The zero-order valence-corrected chi connectivity index (χ0v) is 9.99. The molecule has 0 atom stereocenters. The van der Waals surface area contributed by atoms with Gasteiger partial charge < -0.3 is 15.8 Å². The average Bonchev–Trinajstić information content (AvgIpc) is 2.21. The maximum atomic E-state index is 10.4. The molecule has 1 aromatic rings. The number of carbonyl (C=O) groups excluding carboxylic acids is 1. The molecule has 0 aromatic heterocycles. The third-order valence-corrected chi connectivity index (χ3v) is 2.47. The van der Waals surface area contributed by atoms with Crippen LogP contribution in [0.2, 0.25) is 0 Å². The molecular formula is C13H20N2O. The first-order valence-electron chi connectivity index (χ1n) is 5.69. The maximum Gasteiger partial charge on any atom is 0.124 e. The van der Waals surface area contributed by atoms with E-state index in [1.54, 1.807) is 0 Å². The van der Waals surface area contributed by atoms with E-state index >= 15 is 0 Å². The molecule has 3 nitrogen and oxygen atoms in total. The van der Waals surface area contributed by atoms with Crippen molar-refractivity contribution in [3.63, 3.8) is 0 Å². The molecule has 3 heteroatoms. The average molecular weight is 220 g/mol. The Bertz CT molecular complexity index is 348. The number of nitrogens with one attached hydrogen (secondary N) is 1. The molecule has 0 fully saturated rings. The lowest BCUT2D eigenvalue weighted by molar-refractivity contribution is -0.107. The van der Waals surface area contributed by atoms with Crippen LogP contribution in [-0.4, -0.2) is 12.8 Å². The number of aldehydes is 1. The Kier molecular flexibility index (Phi) is 4.83. The third kappa shape index (κ3) is 3.93. The van der Waals surface area contributed by atoms with Crippen molar-refractivity contribution in [3.05, 3.63) is 23.8 Å². The summed E-state index contributed by atoms with van der Waals surface area (Å²) in [5.41, 5.74) is 8.52. The summed E-state index contributed by atoms with van der Waals surface area (Å²) in [7, 11) is 0. The number of anilines is 2. The van der Waals surface area contributed by atoms with E-state index in [4.69, 9.17) is 5.73 Å². The van der Waals surface area contributed by atoms with Crippen LogP contribution in [0.25, 0.3) is 0 Å². The Morgan fingerprint density at radius 3 is 2.75 bits per heavy atom. The molecule has 0 spiro atoms. The maximum absolute atomic E-state index is 10.4. The van der Waals surface area contributed by atoms with Crippen LogP contribution < -0.4 is 11.1 Å². The molecular weight excluding hydrogens is 200 g/mol. The molecule has 0 heterocycles. The van der Waals surface area contributed by atoms with Gasteiger partial charge in [-0.3, -0.25) is 0 Å². The van der Waals surface area contributed by atoms with Crippen LogP contribution in [0.15, 0.2) is 18.2 Å². The van der Waals surface area contributed by atoms with E-state index in [-0.39, 0.29) is 0 Å². The number of benzene rings is 1. The summed E-state index contributed by atoms with van der Waals surface area (Å²) in [4.78, 5) is 10.4. The van der Waals surface area contributed by atoms with E-state index < -0.39 is 0 Å². The Hall–Kier alpha value is -1.51. The zero-order valence-electron chi connectivity index (χ0n) is 9.99. The standard InChI is InChI=1S/C13H20N2O/c1-10(2)5-7-15-13-4-3-11(6-8-16)9-12(13)14/h3-4,8-10,15H,5-7,14H2,1-2H3. The van der Waals surface area contributed by atoms with Gasteiger partial charge in [-0.05, 0) is 30.0 Å². The van der Waals surface area contributed by atoms with E-state index in [0.29, 0.717) is 18.0 Å². The minimum absolute atomic E-state index is 0.427. The Labute approximate surface area is 97.0 Å². The molecule has 16 heavy (non-hydrogen) atoms. The molecule has 0 bridgehead atoms. The van der Waals surface area contributed by atoms with E-state index in [9.17, 15) is 4.79 Å². The van der Waals surface area contributed by atoms with E-state index in [2.05, 4.69) is 19.2 Å². The SMILES string of the molecule is CC(C)CCNc1ccc(CC=O)cc1N. The van der Waals surface area contributed by atoms with Gasteiger partial charge in [0.15, 0.2) is 0 Å². The number of hydrogen-bond donors (Lipinski definition) is 2. The lowest BCUT2D eigenvalue weighted by Gasteiger charge is -2.11. The fourth-order valence-corrected chi connectivity index (χ4v) is 1.49. The van der Waals surface area contributed by atoms with Crippen LogP contribution in [0.5, 0.6) is 0 Å². The number of rotatable bonds is 6. The molecule has 0 unspecified atom stereocenters. The molecule has 0 amide bonds. The number of hydrogen-bond acceptors (Lipinski definition) is 3. The van der Waals surface area contributed by atoms with Crippen molar-refractivity contribution in [2.75, 3.05) is 17.6 Å². The van der Waals surface area contributed by atoms with E-state index in [0.717, 1.165) is 30.5 Å². The van der Waals surface area contributed by atoms with Gasteiger partial charge in [0.05, 0.1) is 11.4 Å². The Morgan fingerprint density at radius 2 is 2.19 bits per heavy atom. The van der Waals surface area contributed by atoms with Gasteiger partial charge in [-0.15, -0.1) is 0 Å². The quantitative estimate of drug-likeness (QED) is 0.572. The van der Waals surface area contributed by atoms with E-state index in [1.165, 1.54) is 0 Å². The second kappa shape index (κ2) is 6.16. The second-order valence-corrected chi connectivity index (χ2v) is 4.40. The van der Waals surface area contributed by atoms with Crippen molar-refractivity contribution in [2.45, 2.75) is 26.7 Å². The highest BCUT2D eigenvalue weighted by molar-refractivity contribution is 5.68. The Morgan fingerprint density at radius 1 is 1.44 bits per heavy atom. The summed E-state index contributed by atoms with van der Waals surface area (Å²) < 4.78 is 0. The van der Waals surface area contributed by atoms with Gasteiger partial charge in [0, 0.05) is 13.0 Å². The molecule has 1 aromatic carbocycles. The molecule has 1 rings (SSSR count). The number of carbonyl (C=O) groups is 1. The summed E-state index contributed by atoms with van der Waals surface area (Å²) in [5.74, 6) is 0.683. The Balaban J connectivity index is 2.57. The fourth-order valence-electron chi connectivity index (χ4n) is 1.49. The van der Waals surface area contributed by atoms with Crippen LogP contribution >= 0.6 is 0 Å². The predicted molar refractivity (Wildman–Crippen MR) is 68.6 cm³/mol. The van der Waals surface area contributed by atoms with Crippen LogP contribution in [0.1, 0.15) is 25.8 Å². The van der Waals surface area contributed by atoms with Gasteiger partial charge in [0.25, 0.3) is 0 Å². The van der Waals surface area contributed by atoms with Crippen molar-refractivity contribution < 1.29 is 4.79 Å². The smallest absolute Gasteiger partial charge is 0.124 e. The summed E-state index contributed by atoms with van der Waals surface area (Å²) >= 11 is 0. The minimum atomic E-state index is 0.427. The lowest BCUT2D eigenvalue weighted by Crippen LogP contribution is -2.07. The monoisotopic (exact) mass is 220 g/mol. The summed E-state index contributed by atoms with van der Waals surface area (Å²) in [6, 6.07) is 5.73. The predicted octanol–water partition coefficient (Wildman–Crippen LogP) is 2.47. The first kappa shape index (κ1) is 12.6. The van der Waals surface area contributed by atoms with Gasteiger partial charge in [-0.1, -0.05) is 19.9 Å². The molecule has 0 aliphatic heterocycles. The fraction of sp³-hybridized carbons (Fsp3) is 0.462. The van der Waals surface area contributed by atoms with Gasteiger partial charge in [0.2, 0.25) is 0 Å². The van der Waals surface area contributed by atoms with Crippen molar-refractivity contribution in [1.82, 2.24) is 0 Å². The van der Waals surface area contributed by atoms with Crippen LogP contribution in [0, 0.1) is 5.92 Å². The molecule has 0 aliphatic carbocycles. The highest BCUT2D eigenvalue weighted by Gasteiger charge is 2.01. The molecule has 3 N–H and O–H groups in total. The second-order valence-electron chi connectivity index (χ2n) is 4.40. The first-order chi connectivity index (χ1) is 7.63. The minimum Gasteiger partial charge on any atom is -0.397 e. The van der Waals surface area contributed by atoms with Crippen molar-refractivity contribution in [1.29, 1.82) is 0 Å². The van der Waals surface area contributed by atoms with E-state index in [1.807, 2.05) is 18.2 Å². The first-order valence-corrected chi connectivity index (χ1v) is 5.69. The molecule has 0 saturated heterocycles. The highest BCUT2D eigenvalue weighted by atomic mass is 16.1. The zero-order chi connectivity index (χ0) is 12.0. The normalized spacial score (nSPS) is 10.4. The van der Waals surface area contributed by atoms with Gasteiger partial charge in [-0.2, -0.15) is 0 Å². The molecule has 0 saturated carbocycles. The molecule has 0 aliphatic rings. The lowest BCUT2D eigenvalue weighted by atomic mass is 10.1. The van der Waals surface area contributed by atoms with Crippen molar-refractivity contribution >= 4 is 17.7 Å². The van der Waals surface area contributed by atoms with Crippen molar-refractivity contribution in [2.24, 2.45) is 5.92 Å². The van der Waals surface area contributed by atoms with Crippen molar-refractivity contribution in [3.8, 4) is 0 Å². The number of nitrogen functional groups attached to an aromatic ring is 1. The molecule has 88 valence electrons. The van der Waals surface area contributed by atoms with Gasteiger partial charge in [-0.25, -0.2) is 0 Å². The third-order valence-electron chi connectivity index (χ3n) is 2.47. The summed E-state index contributed by atoms with van der Waals surface area (Å²) in [5, 5.41) is 3.30. The summed E-state index contributed by atoms with van der Waals surface area (Å²) in [6.45, 7) is 5.31. The highest BCUT2D eigenvalue weighted by Crippen LogP contribution is 2.20. The van der Waals surface area contributed by atoms with Gasteiger partial charge in [0.1, 0.15) is 6.29 Å². The summed E-state index contributed by atoms with van der Waals surface area (Å²) in [6.07, 6.45) is 2.44. The van der Waals surface area contributed by atoms with Crippen LogP contribution in [-0.2, 0) is 11.2 Å². The van der Waals surface area contributed by atoms with Crippen LogP contribution in [0.4, 0.5) is 11.4 Å². The molecule has 0 radical (unpaired) electrons. The topological polar surface area (TPSA) is 55.1 Å². The number of nitrogens with two attached hydrogens (primary N) is 1. The van der Waals surface area contributed by atoms with Gasteiger partial charge >= 0.3 is 0 Å². The van der Waals surface area contributed by atoms with Crippen LogP contribution in [0.3, 0.4) is 0 Å².